The molecule has 1 aliphatic rings. The van der Waals surface area contributed by atoms with Crippen LogP contribution in [-0.4, -0.2) is 29.2 Å². The van der Waals surface area contributed by atoms with Gasteiger partial charge in [-0.1, -0.05) is 75.4 Å². The lowest BCUT2D eigenvalue weighted by molar-refractivity contribution is -0.131. The molecule has 5 heteroatoms. The van der Waals surface area contributed by atoms with Gasteiger partial charge in [0, 0.05) is 5.56 Å². The van der Waals surface area contributed by atoms with Crippen molar-refractivity contribution in [2.45, 2.75) is 45.1 Å². The molecule has 1 fully saturated rings. The Bertz CT molecular complexity index is 876. The second-order valence-electron chi connectivity index (χ2n) is 7.30. The van der Waals surface area contributed by atoms with Crippen LogP contribution in [0.3, 0.4) is 0 Å². The zero-order valence-corrected chi connectivity index (χ0v) is 16.6. The normalized spacial score (nSPS) is 20.2. The Labute approximate surface area is 165 Å². The number of hydrogen-bond donors (Lipinski definition) is 1. The monoisotopic (exact) mass is 378 g/mol. The smallest absolute Gasteiger partial charge is 0.319 e. The third kappa shape index (κ3) is 3.44. The first-order valence-electron chi connectivity index (χ1n) is 9.75. The van der Waals surface area contributed by atoms with Crippen LogP contribution in [0.5, 0.6) is 0 Å². The molecule has 146 valence electrons. The molecule has 28 heavy (non-hydrogen) atoms. The average Bonchev–Trinajstić information content (AvgIpc) is 2.99. The van der Waals surface area contributed by atoms with E-state index in [9.17, 15) is 14.4 Å². The van der Waals surface area contributed by atoms with Crippen LogP contribution < -0.4 is 5.32 Å². The minimum Gasteiger partial charge on any atom is -0.319 e. The van der Waals surface area contributed by atoms with Gasteiger partial charge in [-0.3, -0.25) is 14.5 Å². The van der Waals surface area contributed by atoms with Crippen molar-refractivity contribution in [1.29, 1.82) is 0 Å². The standard InChI is InChI=1S/C23H26N2O3/c1-4-16(3)17-11-13-18(14-12-17)20(26)15-25-21(27)23(5-2,24-22(25)28)19-9-7-6-8-10-19/h6-14,16H,4-5,15H2,1-3H3,(H,24,28)/t16-,23+/m0/s1. The van der Waals surface area contributed by atoms with E-state index in [0.717, 1.165) is 16.9 Å². The molecule has 3 amide bonds. The fourth-order valence-corrected chi connectivity index (χ4v) is 3.60. The zero-order chi connectivity index (χ0) is 20.3. The summed E-state index contributed by atoms with van der Waals surface area (Å²) in [5, 5.41) is 2.81. The van der Waals surface area contributed by atoms with Gasteiger partial charge < -0.3 is 5.32 Å². The number of benzene rings is 2. The molecular weight excluding hydrogens is 352 g/mol. The Kier molecular flexibility index (Phi) is 5.63. The number of nitrogens with one attached hydrogen (secondary N) is 1. The van der Waals surface area contributed by atoms with Gasteiger partial charge in [0.15, 0.2) is 5.78 Å². The predicted octanol–water partition coefficient (Wildman–Crippen LogP) is 4.24. The number of ketones is 1. The summed E-state index contributed by atoms with van der Waals surface area (Å²) < 4.78 is 0. The van der Waals surface area contributed by atoms with Crippen molar-refractivity contribution in [3.63, 3.8) is 0 Å². The highest BCUT2D eigenvalue weighted by Gasteiger charge is 2.51. The maximum atomic E-state index is 13.1. The van der Waals surface area contributed by atoms with Gasteiger partial charge in [-0.25, -0.2) is 4.79 Å². The van der Waals surface area contributed by atoms with Crippen LogP contribution in [0.4, 0.5) is 4.79 Å². The van der Waals surface area contributed by atoms with E-state index in [-0.39, 0.29) is 18.2 Å². The summed E-state index contributed by atoms with van der Waals surface area (Å²) in [7, 11) is 0. The van der Waals surface area contributed by atoms with Gasteiger partial charge in [-0.05, 0) is 29.9 Å². The molecule has 0 saturated carbocycles. The lowest BCUT2D eigenvalue weighted by Gasteiger charge is -2.25. The molecule has 0 aromatic heterocycles. The lowest BCUT2D eigenvalue weighted by atomic mass is 9.87. The van der Waals surface area contributed by atoms with Gasteiger partial charge in [0.25, 0.3) is 5.91 Å². The number of amides is 3. The van der Waals surface area contributed by atoms with Gasteiger partial charge in [-0.15, -0.1) is 0 Å². The second-order valence-corrected chi connectivity index (χ2v) is 7.30. The summed E-state index contributed by atoms with van der Waals surface area (Å²) in [6.45, 7) is 5.85. The summed E-state index contributed by atoms with van der Waals surface area (Å²) in [6, 6.07) is 16.1. The number of Topliss-reactive ketones (excluding diaryl/α,β-unsaturated/α-hetero) is 1. The van der Waals surface area contributed by atoms with E-state index in [1.165, 1.54) is 5.56 Å². The topological polar surface area (TPSA) is 66.5 Å². The number of rotatable bonds is 7. The molecule has 5 nitrogen and oxygen atoms in total. The molecule has 0 bridgehead atoms. The Morgan fingerprint density at radius 2 is 1.68 bits per heavy atom. The number of carbonyl (C=O) groups is 3. The van der Waals surface area contributed by atoms with Crippen molar-refractivity contribution in [1.82, 2.24) is 10.2 Å². The van der Waals surface area contributed by atoms with Gasteiger partial charge in [0.1, 0.15) is 5.54 Å². The molecule has 1 heterocycles. The predicted molar refractivity (Wildman–Crippen MR) is 108 cm³/mol. The van der Waals surface area contributed by atoms with E-state index < -0.39 is 11.6 Å². The number of nitrogens with zero attached hydrogens (tertiary/aromatic N) is 1. The van der Waals surface area contributed by atoms with E-state index in [2.05, 4.69) is 19.2 Å². The van der Waals surface area contributed by atoms with Crippen LogP contribution in [0.2, 0.25) is 0 Å². The van der Waals surface area contributed by atoms with Crippen molar-refractivity contribution in [3.05, 3.63) is 71.3 Å². The van der Waals surface area contributed by atoms with Crippen molar-refractivity contribution >= 4 is 17.7 Å². The van der Waals surface area contributed by atoms with E-state index in [0.29, 0.717) is 17.9 Å². The van der Waals surface area contributed by atoms with E-state index >= 15 is 0 Å². The van der Waals surface area contributed by atoms with Crippen LogP contribution >= 0.6 is 0 Å². The van der Waals surface area contributed by atoms with E-state index in [4.69, 9.17) is 0 Å². The van der Waals surface area contributed by atoms with Gasteiger partial charge in [0.2, 0.25) is 0 Å². The highest BCUT2D eigenvalue weighted by Crippen LogP contribution is 2.32. The molecule has 1 saturated heterocycles. The molecule has 1 aliphatic heterocycles. The number of hydrogen-bond acceptors (Lipinski definition) is 3. The molecule has 2 atom stereocenters. The largest absolute Gasteiger partial charge is 0.325 e. The van der Waals surface area contributed by atoms with Crippen molar-refractivity contribution in [2.75, 3.05) is 6.54 Å². The molecule has 0 unspecified atom stereocenters. The summed E-state index contributed by atoms with van der Waals surface area (Å²) >= 11 is 0. The molecule has 2 aromatic carbocycles. The molecule has 0 aliphatic carbocycles. The highest BCUT2D eigenvalue weighted by molar-refractivity contribution is 6.11. The summed E-state index contributed by atoms with van der Waals surface area (Å²) in [4.78, 5) is 39.4. The van der Waals surface area contributed by atoms with Crippen LogP contribution in [-0.2, 0) is 10.3 Å². The number of imide groups is 1. The van der Waals surface area contributed by atoms with Crippen LogP contribution in [0.1, 0.15) is 61.0 Å². The van der Waals surface area contributed by atoms with Gasteiger partial charge in [0.05, 0.1) is 6.54 Å². The quantitative estimate of drug-likeness (QED) is 0.579. The summed E-state index contributed by atoms with van der Waals surface area (Å²) in [5.74, 6) is -0.207. The molecular formula is C23H26N2O3. The van der Waals surface area contributed by atoms with Crippen LogP contribution in [0.25, 0.3) is 0 Å². The maximum Gasteiger partial charge on any atom is 0.325 e. The number of urea groups is 1. The molecule has 2 aromatic rings. The zero-order valence-electron chi connectivity index (χ0n) is 16.6. The maximum absolute atomic E-state index is 13.1. The molecule has 0 spiro atoms. The first kappa shape index (κ1) is 19.8. The fourth-order valence-electron chi connectivity index (χ4n) is 3.60. The third-order valence-electron chi connectivity index (χ3n) is 5.69. The Hall–Kier alpha value is -2.95. The highest BCUT2D eigenvalue weighted by atomic mass is 16.2. The molecule has 1 N–H and O–H groups in total. The Morgan fingerprint density at radius 1 is 1.04 bits per heavy atom. The fraction of sp³-hybridized carbons (Fsp3) is 0.348. The minimum absolute atomic E-state index is 0.251. The van der Waals surface area contributed by atoms with E-state index in [1.54, 1.807) is 12.1 Å². The van der Waals surface area contributed by atoms with Crippen molar-refractivity contribution < 1.29 is 14.4 Å². The third-order valence-corrected chi connectivity index (χ3v) is 5.69. The minimum atomic E-state index is -1.11. The second kappa shape index (κ2) is 7.97. The number of carbonyl (C=O) groups excluding carboxylic acids is 3. The first-order valence-corrected chi connectivity index (χ1v) is 9.75. The van der Waals surface area contributed by atoms with Crippen molar-refractivity contribution in [3.8, 4) is 0 Å². The molecule has 3 rings (SSSR count). The van der Waals surface area contributed by atoms with Crippen LogP contribution in [0.15, 0.2) is 54.6 Å². The Morgan fingerprint density at radius 3 is 2.25 bits per heavy atom. The summed E-state index contributed by atoms with van der Waals surface area (Å²) in [5.41, 5.74) is 1.28. The Balaban J connectivity index is 1.80. The first-order chi connectivity index (χ1) is 13.4. The summed E-state index contributed by atoms with van der Waals surface area (Å²) in [6.07, 6.45) is 1.43. The SMILES string of the molecule is CC[C@H](C)c1ccc(C(=O)CN2C(=O)N[C@](CC)(c3ccccc3)C2=O)cc1. The van der Waals surface area contributed by atoms with Crippen molar-refractivity contribution in [2.24, 2.45) is 0 Å². The van der Waals surface area contributed by atoms with Crippen LogP contribution in [0, 0.1) is 0 Å². The lowest BCUT2D eigenvalue weighted by Crippen LogP contribution is -2.43. The van der Waals surface area contributed by atoms with E-state index in [1.807, 2.05) is 49.4 Å². The van der Waals surface area contributed by atoms with Gasteiger partial charge >= 0.3 is 6.03 Å². The van der Waals surface area contributed by atoms with Gasteiger partial charge in [-0.2, -0.15) is 0 Å². The average molecular weight is 378 g/mol. The molecule has 0 radical (unpaired) electrons.